The first-order chi connectivity index (χ1) is 10.0. The molecular formula is C14H16FN3O3. The van der Waals surface area contributed by atoms with Crippen molar-refractivity contribution in [2.24, 2.45) is 5.92 Å². The van der Waals surface area contributed by atoms with Crippen LogP contribution in [0.4, 0.5) is 10.1 Å². The number of benzene rings is 1. The number of piperidine rings is 1. The van der Waals surface area contributed by atoms with Crippen molar-refractivity contribution < 1.29 is 14.1 Å². The number of amides is 1. The van der Waals surface area contributed by atoms with Gasteiger partial charge in [-0.25, -0.2) is 4.39 Å². The lowest BCUT2D eigenvalue weighted by molar-refractivity contribution is -0.385. The molecule has 1 aromatic rings. The molecule has 7 heteroatoms. The Morgan fingerprint density at radius 2 is 2.19 bits per heavy atom. The van der Waals surface area contributed by atoms with Gasteiger partial charge in [0.25, 0.3) is 11.6 Å². The first-order valence-electron chi connectivity index (χ1n) is 7.02. The van der Waals surface area contributed by atoms with Gasteiger partial charge in [0.2, 0.25) is 0 Å². The Morgan fingerprint density at radius 3 is 2.90 bits per heavy atom. The third-order valence-corrected chi connectivity index (χ3v) is 4.23. The van der Waals surface area contributed by atoms with Gasteiger partial charge in [-0.05, 0) is 31.4 Å². The molecule has 2 fully saturated rings. The third kappa shape index (κ3) is 2.73. The summed E-state index contributed by atoms with van der Waals surface area (Å²) in [6.07, 6.45) is 2.17. The Bertz CT molecular complexity index is 579. The maximum Gasteiger partial charge on any atom is 0.273 e. The number of rotatable bonds is 2. The van der Waals surface area contributed by atoms with Gasteiger partial charge in [-0.3, -0.25) is 14.9 Å². The van der Waals surface area contributed by atoms with Crippen molar-refractivity contribution in [2.75, 3.05) is 19.6 Å². The molecule has 0 unspecified atom stereocenters. The van der Waals surface area contributed by atoms with E-state index in [2.05, 4.69) is 5.32 Å². The minimum atomic E-state index is -0.762. The highest BCUT2D eigenvalue weighted by molar-refractivity contribution is 5.95. The zero-order valence-electron chi connectivity index (χ0n) is 11.4. The summed E-state index contributed by atoms with van der Waals surface area (Å²) in [5.41, 5.74) is -0.353. The first kappa shape index (κ1) is 13.9. The minimum Gasteiger partial charge on any atom is -0.337 e. The number of hydrogen-bond donors (Lipinski definition) is 1. The number of nitrogens with zero attached hydrogens (tertiary/aromatic N) is 2. The summed E-state index contributed by atoms with van der Waals surface area (Å²) < 4.78 is 13.4. The van der Waals surface area contributed by atoms with E-state index in [0.29, 0.717) is 19.0 Å². The molecule has 0 spiro atoms. The topological polar surface area (TPSA) is 75.5 Å². The van der Waals surface area contributed by atoms with Crippen LogP contribution in [0.25, 0.3) is 0 Å². The van der Waals surface area contributed by atoms with Crippen LogP contribution >= 0.6 is 0 Å². The van der Waals surface area contributed by atoms with Crippen LogP contribution in [-0.4, -0.2) is 41.4 Å². The molecule has 3 rings (SSSR count). The Labute approximate surface area is 121 Å². The molecule has 0 aliphatic carbocycles. The van der Waals surface area contributed by atoms with E-state index in [0.717, 1.165) is 37.6 Å². The molecule has 0 bridgehead atoms. The zero-order valence-corrected chi connectivity index (χ0v) is 11.4. The normalized spacial score (nSPS) is 24.7. The molecule has 0 radical (unpaired) electrons. The summed E-state index contributed by atoms with van der Waals surface area (Å²) in [5.74, 6) is -0.678. The number of halogens is 1. The SMILES string of the molecule is O=C(c1cc(F)cc([N+](=O)[O-])c1)N1C[C@@H]2CCCN[C@@H]2C1. The van der Waals surface area contributed by atoms with Crippen molar-refractivity contribution in [1.29, 1.82) is 0 Å². The molecule has 1 amide bonds. The van der Waals surface area contributed by atoms with Gasteiger partial charge in [-0.2, -0.15) is 0 Å². The summed E-state index contributed by atoms with van der Waals surface area (Å²) in [6.45, 7) is 2.16. The molecule has 2 saturated heterocycles. The zero-order chi connectivity index (χ0) is 15.0. The second-order valence-corrected chi connectivity index (χ2v) is 5.63. The van der Waals surface area contributed by atoms with E-state index < -0.39 is 16.4 Å². The van der Waals surface area contributed by atoms with Crippen molar-refractivity contribution in [1.82, 2.24) is 10.2 Å². The largest absolute Gasteiger partial charge is 0.337 e. The molecular weight excluding hydrogens is 277 g/mol. The molecule has 2 atom stereocenters. The fraction of sp³-hybridized carbons (Fsp3) is 0.500. The predicted octanol–water partition coefficient (Wildman–Crippen LogP) is 1.56. The van der Waals surface area contributed by atoms with Crippen molar-refractivity contribution in [3.05, 3.63) is 39.7 Å². The Hall–Kier alpha value is -2.02. The van der Waals surface area contributed by atoms with E-state index in [4.69, 9.17) is 0 Å². The number of likely N-dealkylation sites (tertiary alicyclic amines) is 1. The van der Waals surface area contributed by atoms with Crippen LogP contribution in [-0.2, 0) is 0 Å². The van der Waals surface area contributed by atoms with E-state index in [9.17, 15) is 19.3 Å². The van der Waals surface area contributed by atoms with Crippen LogP contribution in [0, 0.1) is 21.8 Å². The third-order valence-electron chi connectivity index (χ3n) is 4.23. The highest BCUT2D eigenvalue weighted by Gasteiger charge is 2.36. The number of carbonyl (C=O) groups is 1. The summed E-state index contributed by atoms with van der Waals surface area (Å²) in [5, 5.41) is 14.1. The number of carbonyl (C=O) groups excluding carboxylic acids is 1. The minimum absolute atomic E-state index is 0.0420. The molecule has 2 aliphatic rings. The first-order valence-corrected chi connectivity index (χ1v) is 7.02. The summed E-state index contributed by atoms with van der Waals surface area (Å²) >= 11 is 0. The van der Waals surface area contributed by atoms with Gasteiger partial charge in [0, 0.05) is 30.8 Å². The van der Waals surface area contributed by atoms with Crippen molar-refractivity contribution in [2.45, 2.75) is 18.9 Å². The van der Waals surface area contributed by atoms with E-state index in [1.807, 2.05) is 0 Å². The molecule has 2 heterocycles. The second-order valence-electron chi connectivity index (χ2n) is 5.63. The highest BCUT2D eigenvalue weighted by Crippen LogP contribution is 2.27. The average Bonchev–Trinajstić information content (AvgIpc) is 2.89. The van der Waals surface area contributed by atoms with Crippen LogP contribution in [0.5, 0.6) is 0 Å². The van der Waals surface area contributed by atoms with Crippen molar-refractivity contribution >= 4 is 11.6 Å². The Morgan fingerprint density at radius 1 is 1.38 bits per heavy atom. The molecule has 0 aromatic heterocycles. The van der Waals surface area contributed by atoms with Gasteiger partial charge < -0.3 is 10.2 Å². The van der Waals surface area contributed by atoms with E-state index in [1.54, 1.807) is 4.90 Å². The molecule has 21 heavy (non-hydrogen) atoms. The molecule has 2 aliphatic heterocycles. The van der Waals surface area contributed by atoms with Crippen LogP contribution in [0.2, 0.25) is 0 Å². The number of fused-ring (bicyclic) bond motifs is 1. The number of nitro benzene ring substituents is 1. The fourth-order valence-electron chi connectivity index (χ4n) is 3.20. The number of hydrogen-bond acceptors (Lipinski definition) is 4. The average molecular weight is 293 g/mol. The van der Waals surface area contributed by atoms with Crippen LogP contribution in [0.1, 0.15) is 23.2 Å². The maximum atomic E-state index is 13.4. The van der Waals surface area contributed by atoms with E-state index in [-0.39, 0.29) is 17.5 Å². The summed E-state index contributed by atoms with van der Waals surface area (Å²) in [7, 11) is 0. The van der Waals surface area contributed by atoms with Gasteiger partial charge in [0.1, 0.15) is 5.82 Å². The van der Waals surface area contributed by atoms with Crippen molar-refractivity contribution in [3.8, 4) is 0 Å². The quantitative estimate of drug-likeness (QED) is 0.663. The maximum absolute atomic E-state index is 13.4. The van der Waals surface area contributed by atoms with E-state index in [1.165, 1.54) is 0 Å². The lowest BCUT2D eigenvalue weighted by Gasteiger charge is -2.24. The standard InChI is InChI=1S/C14H16FN3O3/c15-11-4-10(5-12(6-11)18(20)21)14(19)17-7-9-2-1-3-16-13(9)8-17/h4-6,9,13,16H,1-3,7-8H2/t9-,13+/m0/s1. The Kier molecular flexibility index (Phi) is 3.59. The number of non-ortho nitro benzene ring substituents is 1. The van der Waals surface area contributed by atoms with Gasteiger partial charge in [-0.1, -0.05) is 0 Å². The number of nitro groups is 1. The van der Waals surface area contributed by atoms with Gasteiger partial charge in [0.15, 0.2) is 0 Å². The van der Waals surface area contributed by atoms with Gasteiger partial charge in [-0.15, -0.1) is 0 Å². The van der Waals surface area contributed by atoms with Crippen LogP contribution < -0.4 is 5.32 Å². The van der Waals surface area contributed by atoms with E-state index >= 15 is 0 Å². The van der Waals surface area contributed by atoms with Crippen LogP contribution in [0.3, 0.4) is 0 Å². The van der Waals surface area contributed by atoms with Crippen molar-refractivity contribution in [3.63, 3.8) is 0 Å². The van der Waals surface area contributed by atoms with Gasteiger partial charge in [0.05, 0.1) is 11.0 Å². The highest BCUT2D eigenvalue weighted by atomic mass is 19.1. The van der Waals surface area contributed by atoms with Gasteiger partial charge >= 0.3 is 0 Å². The monoisotopic (exact) mass is 293 g/mol. The fourth-order valence-corrected chi connectivity index (χ4v) is 3.20. The van der Waals surface area contributed by atoms with Crippen LogP contribution in [0.15, 0.2) is 18.2 Å². The summed E-state index contributed by atoms with van der Waals surface area (Å²) in [4.78, 5) is 24.2. The predicted molar refractivity (Wildman–Crippen MR) is 73.5 cm³/mol. The second kappa shape index (κ2) is 5.40. The molecule has 0 saturated carbocycles. The Balaban J connectivity index is 1.81. The smallest absolute Gasteiger partial charge is 0.273 e. The molecule has 1 aromatic carbocycles. The lowest BCUT2D eigenvalue weighted by Crippen LogP contribution is -2.41. The lowest BCUT2D eigenvalue weighted by atomic mass is 9.94. The summed E-state index contributed by atoms with van der Waals surface area (Å²) in [6, 6.07) is 3.31. The molecule has 1 N–H and O–H groups in total. The molecule has 6 nitrogen and oxygen atoms in total. The molecule has 112 valence electrons. The number of nitrogens with one attached hydrogen (secondary N) is 1.